The lowest BCUT2D eigenvalue weighted by Gasteiger charge is -2.08. The van der Waals surface area contributed by atoms with Crippen molar-refractivity contribution in [2.75, 3.05) is 11.1 Å². The third-order valence-electron chi connectivity index (χ3n) is 3.26. The topological polar surface area (TPSA) is 54.9 Å². The minimum Gasteiger partial charge on any atom is -0.323 e. The van der Waals surface area contributed by atoms with Gasteiger partial charge in [-0.1, -0.05) is 48.0 Å². The maximum atomic E-state index is 12.2. The quantitative estimate of drug-likeness (QED) is 0.469. The maximum Gasteiger partial charge on any atom is 0.234 e. The molecule has 1 aromatic carbocycles. The van der Waals surface area contributed by atoms with Gasteiger partial charge in [-0.3, -0.25) is 4.79 Å². The molecule has 24 heavy (non-hydrogen) atoms. The summed E-state index contributed by atoms with van der Waals surface area (Å²) in [6.45, 7) is 2.10. The molecule has 0 aliphatic heterocycles. The van der Waals surface area contributed by atoms with Crippen LogP contribution in [0.1, 0.15) is 11.8 Å². The third-order valence-corrected chi connectivity index (χ3v) is 6.08. The van der Waals surface area contributed by atoms with Crippen LogP contribution in [-0.4, -0.2) is 21.6 Å². The Bertz CT molecular complexity index is 878. The molecule has 2 aromatic heterocycles. The minimum atomic E-state index is -0.187. The maximum absolute atomic E-state index is 12.2. The van der Waals surface area contributed by atoms with E-state index in [1.807, 2.05) is 0 Å². The highest BCUT2D eigenvalue weighted by atomic mass is 35.5. The molecule has 0 saturated carbocycles. The van der Waals surface area contributed by atoms with E-state index in [-0.39, 0.29) is 11.7 Å². The molecule has 0 unspecified atom stereocenters. The van der Waals surface area contributed by atoms with Crippen molar-refractivity contribution in [1.29, 1.82) is 0 Å². The Hall–Kier alpha value is -1.34. The van der Waals surface area contributed by atoms with Gasteiger partial charge in [-0.05, 0) is 24.6 Å². The Morgan fingerprint density at radius 2 is 2.04 bits per heavy atom. The summed E-state index contributed by atoms with van der Waals surface area (Å²) < 4.78 is 0. The summed E-state index contributed by atoms with van der Waals surface area (Å²) in [6, 6.07) is 7.18. The second-order valence-corrected chi connectivity index (χ2v) is 7.79. The van der Waals surface area contributed by atoms with Gasteiger partial charge >= 0.3 is 0 Å². The van der Waals surface area contributed by atoms with Crippen LogP contribution in [0.3, 0.4) is 0 Å². The van der Waals surface area contributed by atoms with Gasteiger partial charge in [0.05, 0.1) is 21.5 Å². The van der Waals surface area contributed by atoms with E-state index >= 15 is 0 Å². The largest absolute Gasteiger partial charge is 0.323 e. The number of benzene rings is 1. The molecule has 0 radical (unpaired) electrons. The lowest BCUT2D eigenvalue weighted by atomic mass is 10.3. The molecule has 0 fully saturated rings. The number of fused-ring (bicyclic) bond motifs is 1. The molecular weight excluding hydrogens is 385 g/mol. The van der Waals surface area contributed by atoms with Crippen molar-refractivity contribution in [3.63, 3.8) is 0 Å². The first kappa shape index (κ1) is 17.5. The number of aryl methyl sites for hydroxylation is 1. The zero-order valence-corrected chi connectivity index (χ0v) is 15.8. The molecule has 8 heteroatoms. The number of thiophene rings is 1. The minimum absolute atomic E-state index is 0.187. The Kier molecular flexibility index (Phi) is 5.61. The normalized spacial score (nSPS) is 11.0. The lowest BCUT2D eigenvalue weighted by molar-refractivity contribution is -0.113. The van der Waals surface area contributed by atoms with Crippen LogP contribution in [0.25, 0.3) is 10.2 Å². The van der Waals surface area contributed by atoms with E-state index in [1.54, 1.807) is 29.5 Å². The van der Waals surface area contributed by atoms with Crippen molar-refractivity contribution in [2.24, 2.45) is 0 Å². The number of nitrogens with one attached hydrogen (secondary N) is 1. The van der Waals surface area contributed by atoms with Crippen LogP contribution < -0.4 is 5.32 Å². The van der Waals surface area contributed by atoms with Crippen molar-refractivity contribution in [1.82, 2.24) is 9.97 Å². The molecule has 0 aliphatic carbocycles. The number of thioether (sulfide) groups is 1. The van der Waals surface area contributed by atoms with Gasteiger partial charge in [-0.2, -0.15) is 0 Å². The van der Waals surface area contributed by atoms with Crippen LogP contribution in [0.15, 0.2) is 35.6 Å². The molecule has 0 bridgehead atoms. The number of hydrogen-bond donors (Lipinski definition) is 1. The summed E-state index contributed by atoms with van der Waals surface area (Å²) in [5.74, 6) is 0.0260. The fraction of sp³-hybridized carbons (Fsp3) is 0.188. The van der Waals surface area contributed by atoms with Gasteiger partial charge in [0.1, 0.15) is 16.2 Å². The van der Waals surface area contributed by atoms with Crippen LogP contribution in [-0.2, 0) is 11.2 Å². The molecule has 0 atom stereocenters. The number of anilines is 1. The van der Waals surface area contributed by atoms with Crippen LogP contribution in [0.5, 0.6) is 0 Å². The zero-order valence-electron chi connectivity index (χ0n) is 12.7. The average Bonchev–Trinajstić information content (AvgIpc) is 3.00. The van der Waals surface area contributed by atoms with Gasteiger partial charge < -0.3 is 5.32 Å². The molecule has 1 amide bonds. The van der Waals surface area contributed by atoms with E-state index < -0.39 is 0 Å². The number of nitrogens with zero attached hydrogens (tertiary/aromatic N) is 2. The summed E-state index contributed by atoms with van der Waals surface area (Å²) in [5, 5.41) is 5.37. The first-order valence-electron chi connectivity index (χ1n) is 7.18. The average molecular weight is 398 g/mol. The molecule has 124 valence electrons. The Morgan fingerprint density at radius 3 is 2.75 bits per heavy atom. The standard InChI is InChI=1S/C16H13Cl2N3OS2/c1-2-9-6-10-15(19-8-20-16(10)24-9)23-7-13(22)21-14-11(17)4-3-5-12(14)18/h3-6,8H,2,7H2,1H3,(H,21,22). The molecule has 4 nitrogen and oxygen atoms in total. The monoisotopic (exact) mass is 397 g/mol. The predicted octanol–water partition coefficient (Wildman–Crippen LogP) is 5.29. The van der Waals surface area contributed by atoms with Gasteiger partial charge in [0.15, 0.2) is 0 Å². The van der Waals surface area contributed by atoms with Crippen molar-refractivity contribution in [3.05, 3.63) is 45.5 Å². The number of amides is 1. The molecule has 0 spiro atoms. The molecular formula is C16H13Cl2N3OS2. The van der Waals surface area contributed by atoms with Crippen LogP contribution in [0.4, 0.5) is 5.69 Å². The van der Waals surface area contributed by atoms with Gasteiger partial charge in [-0.25, -0.2) is 9.97 Å². The number of aromatic nitrogens is 2. The smallest absolute Gasteiger partial charge is 0.234 e. The van der Waals surface area contributed by atoms with E-state index in [1.165, 1.54) is 23.0 Å². The second kappa shape index (κ2) is 7.70. The van der Waals surface area contributed by atoms with Crippen LogP contribution in [0, 0.1) is 0 Å². The number of rotatable bonds is 5. The highest BCUT2D eigenvalue weighted by Crippen LogP contribution is 2.32. The fourth-order valence-electron chi connectivity index (χ4n) is 2.10. The third kappa shape index (κ3) is 3.83. The molecule has 3 aromatic rings. The predicted molar refractivity (Wildman–Crippen MR) is 103 cm³/mol. The van der Waals surface area contributed by atoms with Crippen LogP contribution in [0.2, 0.25) is 10.0 Å². The van der Waals surface area contributed by atoms with Crippen molar-refractivity contribution in [3.8, 4) is 0 Å². The summed E-state index contributed by atoms with van der Waals surface area (Å²) in [7, 11) is 0. The number of carbonyl (C=O) groups excluding carboxylic acids is 1. The van der Waals surface area contributed by atoms with E-state index in [0.717, 1.165) is 21.7 Å². The second-order valence-electron chi connectivity index (χ2n) is 4.90. The first-order valence-corrected chi connectivity index (χ1v) is 9.74. The van der Waals surface area contributed by atoms with E-state index in [2.05, 4.69) is 28.3 Å². The summed E-state index contributed by atoms with van der Waals surface area (Å²) in [5.41, 5.74) is 0.433. The Labute approximate surface area is 157 Å². The van der Waals surface area contributed by atoms with Gasteiger partial charge in [0.2, 0.25) is 5.91 Å². The number of carbonyl (C=O) groups is 1. The molecule has 0 aliphatic rings. The first-order chi connectivity index (χ1) is 11.6. The number of hydrogen-bond acceptors (Lipinski definition) is 5. The van der Waals surface area contributed by atoms with Gasteiger partial charge in [0, 0.05) is 10.3 Å². The van der Waals surface area contributed by atoms with E-state index in [9.17, 15) is 4.79 Å². The molecule has 3 rings (SSSR count). The van der Waals surface area contributed by atoms with Crippen molar-refractivity contribution < 1.29 is 4.79 Å². The number of para-hydroxylation sites is 1. The molecule has 2 heterocycles. The molecule has 0 saturated heterocycles. The SMILES string of the molecule is CCc1cc2c(SCC(=O)Nc3c(Cl)cccc3Cl)ncnc2s1. The highest BCUT2D eigenvalue weighted by molar-refractivity contribution is 8.00. The number of halogens is 2. The summed E-state index contributed by atoms with van der Waals surface area (Å²) in [4.78, 5) is 23.0. The fourth-order valence-corrected chi connectivity index (χ4v) is 4.36. The summed E-state index contributed by atoms with van der Waals surface area (Å²) in [6.07, 6.45) is 2.49. The van der Waals surface area contributed by atoms with E-state index in [4.69, 9.17) is 23.2 Å². The van der Waals surface area contributed by atoms with Gasteiger partial charge in [-0.15, -0.1) is 11.3 Å². The summed E-state index contributed by atoms with van der Waals surface area (Å²) >= 11 is 15.1. The highest BCUT2D eigenvalue weighted by Gasteiger charge is 2.13. The van der Waals surface area contributed by atoms with Gasteiger partial charge in [0.25, 0.3) is 0 Å². The van der Waals surface area contributed by atoms with Crippen molar-refractivity contribution >= 4 is 68.1 Å². The zero-order chi connectivity index (χ0) is 17.1. The van der Waals surface area contributed by atoms with E-state index in [0.29, 0.717) is 15.7 Å². The lowest BCUT2D eigenvalue weighted by Crippen LogP contribution is -2.14. The Balaban J connectivity index is 1.72. The van der Waals surface area contributed by atoms with Crippen LogP contribution >= 0.6 is 46.3 Å². The molecule has 1 N–H and O–H groups in total. The van der Waals surface area contributed by atoms with Crippen molar-refractivity contribution in [2.45, 2.75) is 18.4 Å². The Morgan fingerprint density at radius 1 is 1.29 bits per heavy atom.